The van der Waals surface area contributed by atoms with Gasteiger partial charge in [0.25, 0.3) is 5.56 Å². The van der Waals surface area contributed by atoms with E-state index in [1.54, 1.807) is 31.4 Å². The minimum atomic E-state index is -0.335. The SMILES string of the molecule is COc1cccc(C(CNC(=O)Cn2nnc3ccccc3c2=O)N(C)C)c1. The van der Waals surface area contributed by atoms with Crippen LogP contribution in [0.15, 0.2) is 53.3 Å². The van der Waals surface area contributed by atoms with Gasteiger partial charge < -0.3 is 15.0 Å². The molecule has 0 aliphatic heterocycles. The predicted molar refractivity (Wildman–Crippen MR) is 106 cm³/mol. The van der Waals surface area contributed by atoms with E-state index >= 15 is 0 Å². The number of amides is 1. The Hall–Kier alpha value is -3.26. The number of benzene rings is 2. The Morgan fingerprint density at radius 1 is 1.21 bits per heavy atom. The van der Waals surface area contributed by atoms with Crippen LogP contribution >= 0.6 is 0 Å². The first-order chi connectivity index (χ1) is 13.5. The lowest BCUT2D eigenvalue weighted by molar-refractivity contribution is -0.122. The van der Waals surface area contributed by atoms with Crippen molar-refractivity contribution in [3.05, 3.63) is 64.4 Å². The molecule has 0 saturated carbocycles. The number of aromatic nitrogens is 3. The Kier molecular flexibility index (Phi) is 6.00. The largest absolute Gasteiger partial charge is 0.497 e. The minimum Gasteiger partial charge on any atom is -0.497 e. The number of hydrogen-bond acceptors (Lipinski definition) is 6. The van der Waals surface area contributed by atoms with Crippen LogP contribution in [0.5, 0.6) is 5.75 Å². The number of nitrogens with one attached hydrogen (secondary N) is 1. The lowest BCUT2D eigenvalue weighted by Gasteiger charge is -2.25. The summed E-state index contributed by atoms with van der Waals surface area (Å²) in [5, 5.41) is 11.2. The molecule has 0 saturated heterocycles. The van der Waals surface area contributed by atoms with Gasteiger partial charge in [-0.2, -0.15) is 0 Å². The molecule has 146 valence electrons. The number of likely N-dealkylation sites (N-methyl/N-ethyl adjacent to an activating group) is 1. The van der Waals surface area contributed by atoms with Gasteiger partial charge in [0.1, 0.15) is 17.8 Å². The van der Waals surface area contributed by atoms with Crippen LogP contribution < -0.4 is 15.6 Å². The average Bonchev–Trinajstić information content (AvgIpc) is 2.70. The van der Waals surface area contributed by atoms with E-state index in [2.05, 4.69) is 15.6 Å². The molecule has 1 aromatic heterocycles. The molecule has 0 spiro atoms. The first-order valence-corrected chi connectivity index (χ1v) is 8.89. The molecule has 8 heteroatoms. The van der Waals surface area contributed by atoms with E-state index in [1.807, 2.05) is 43.3 Å². The highest BCUT2D eigenvalue weighted by Gasteiger charge is 2.17. The second-order valence-corrected chi connectivity index (χ2v) is 6.63. The number of fused-ring (bicyclic) bond motifs is 1. The minimum absolute atomic E-state index is 0.0431. The summed E-state index contributed by atoms with van der Waals surface area (Å²) in [4.78, 5) is 26.9. The molecule has 2 aromatic carbocycles. The van der Waals surface area contributed by atoms with E-state index in [9.17, 15) is 9.59 Å². The van der Waals surface area contributed by atoms with Crippen molar-refractivity contribution in [2.24, 2.45) is 0 Å². The smallest absolute Gasteiger partial charge is 0.278 e. The number of ether oxygens (including phenoxy) is 1. The zero-order chi connectivity index (χ0) is 20.1. The summed E-state index contributed by atoms with van der Waals surface area (Å²) in [5.74, 6) is 0.454. The molecule has 1 heterocycles. The second kappa shape index (κ2) is 8.62. The highest BCUT2D eigenvalue weighted by Crippen LogP contribution is 2.22. The van der Waals surface area contributed by atoms with Crippen LogP contribution in [0.2, 0.25) is 0 Å². The van der Waals surface area contributed by atoms with Crippen molar-refractivity contribution in [2.45, 2.75) is 12.6 Å². The third-order valence-electron chi connectivity index (χ3n) is 4.52. The van der Waals surface area contributed by atoms with Crippen molar-refractivity contribution in [1.82, 2.24) is 25.2 Å². The summed E-state index contributed by atoms with van der Waals surface area (Å²) in [6.07, 6.45) is 0. The number of hydrogen-bond donors (Lipinski definition) is 1. The molecular weight excluding hydrogens is 358 g/mol. The molecular formula is C20H23N5O3. The van der Waals surface area contributed by atoms with Gasteiger partial charge in [0.05, 0.1) is 18.5 Å². The third kappa shape index (κ3) is 4.34. The van der Waals surface area contributed by atoms with Gasteiger partial charge in [0.15, 0.2) is 0 Å². The van der Waals surface area contributed by atoms with Gasteiger partial charge in [-0.25, -0.2) is 4.68 Å². The maximum Gasteiger partial charge on any atom is 0.278 e. The van der Waals surface area contributed by atoms with Gasteiger partial charge in [-0.05, 0) is 43.9 Å². The molecule has 0 aliphatic carbocycles. The Bertz CT molecular complexity index is 1030. The standard InChI is InChI=1S/C20H23N5O3/c1-24(2)18(14-7-6-8-15(11-14)28-3)12-21-19(26)13-25-20(27)16-9-4-5-10-17(16)22-23-25/h4-11,18H,12-13H2,1-3H3,(H,21,26). The van der Waals surface area contributed by atoms with Gasteiger partial charge in [-0.3, -0.25) is 9.59 Å². The van der Waals surface area contributed by atoms with Crippen molar-refractivity contribution in [3.63, 3.8) is 0 Å². The van der Waals surface area contributed by atoms with E-state index in [-0.39, 0.29) is 24.1 Å². The van der Waals surface area contributed by atoms with Crippen molar-refractivity contribution in [3.8, 4) is 5.75 Å². The van der Waals surface area contributed by atoms with Gasteiger partial charge in [-0.15, -0.1) is 5.10 Å². The molecule has 28 heavy (non-hydrogen) atoms. The van der Waals surface area contributed by atoms with Crippen LogP contribution in [0.4, 0.5) is 0 Å². The quantitative estimate of drug-likeness (QED) is 0.662. The molecule has 1 N–H and O–H groups in total. The lowest BCUT2D eigenvalue weighted by atomic mass is 10.1. The summed E-state index contributed by atoms with van der Waals surface area (Å²) < 4.78 is 6.36. The Balaban J connectivity index is 1.70. The molecule has 0 fully saturated rings. The predicted octanol–water partition coefficient (Wildman–Crippen LogP) is 1.22. The van der Waals surface area contributed by atoms with Crippen LogP contribution in [-0.2, 0) is 11.3 Å². The average molecular weight is 381 g/mol. The van der Waals surface area contributed by atoms with E-state index in [0.717, 1.165) is 16.0 Å². The molecule has 1 atom stereocenters. The molecule has 3 rings (SSSR count). The van der Waals surface area contributed by atoms with Crippen LogP contribution in [-0.4, -0.2) is 53.6 Å². The molecule has 3 aromatic rings. The molecule has 1 unspecified atom stereocenters. The molecule has 0 aliphatic rings. The summed E-state index contributed by atoms with van der Waals surface area (Å²) in [5.41, 5.74) is 1.19. The first kappa shape index (κ1) is 19.5. The first-order valence-electron chi connectivity index (χ1n) is 8.89. The Labute approximate surface area is 162 Å². The maximum absolute atomic E-state index is 12.5. The maximum atomic E-state index is 12.5. The highest BCUT2D eigenvalue weighted by molar-refractivity contribution is 5.78. The van der Waals surface area contributed by atoms with Crippen molar-refractivity contribution < 1.29 is 9.53 Å². The summed E-state index contributed by atoms with van der Waals surface area (Å²) in [6.45, 7) is 0.198. The fourth-order valence-corrected chi connectivity index (χ4v) is 2.98. The monoisotopic (exact) mass is 381 g/mol. The van der Waals surface area contributed by atoms with Gasteiger partial charge in [-0.1, -0.05) is 29.5 Å². The topological polar surface area (TPSA) is 89.3 Å². The van der Waals surface area contributed by atoms with Crippen molar-refractivity contribution in [1.29, 1.82) is 0 Å². The molecule has 0 radical (unpaired) electrons. The van der Waals surface area contributed by atoms with E-state index in [4.69, 9.17) is 4.74 Å². The zero-order valence-electron chi connectivity index (χ0n) is 16.1. The number of methoxy groups -OCH3 is 1. The molecule has 8 nitrogen and oxygen atoms in total. The molecule has 0 bridgehead atoms. The van der Waals surface area contributed by atoms with Crippen LogP contribution in [0.25, 0.3) is 10.9 Å². The fourth-order valence-electron chi connectivity index (χ4n) is 2.98. The van der Waals surface area contributed by atoms with Crippen molar-refractivity contribution in [2.75, 3.05) is 27.7 Å². The number of carbonyl (C=O) groups is 1. The van der Waals surface area contributed by atoms with Gasteiger partial charge in [0.2, 0.25) is 5.91 Å². The third-order valence-corrected chi connectivity index (χ3v) is 4.52. The number of rotatable bonds is 7. The van der Waals surface area contributed by atoms with E-state index in [1.165, 1.54) is 0 Å². The summed E-state index contributed by atoms with van der Waals surface area (Å²) in [7, 11) is 5.50. The van der Waals surface area contributed by atoms with E-state index in [0.29, 0.717) is 17.4 Å². The molecule has 1 amide bonds. The van der Waals surface area contributed by atoms with Crippen LogP contribution in [0.1, 0.15) is 11.6 Å². The summed E-state index contributed by atoms with van der Waals surface area (Å²) >= 11 is 0. The normalized spacial score (nSPS) is 12.1. The lowest BCUT2D eigenvalue weighted by Crippen LogP contribution is -2.38. The van der Waals surface area contributed by atoms with Crippen molar-refractivity contribution >= 4 is 16.8 Å². The summed E-state index contributed by atoms with van der Waals surface area (Å²) in [6, 6.07) is 14.6. The number of carbonyl (C=O) groups excluding carboxylic acids is 1. The second-order valence-electron chi connectivity index (χ2n) is 6.63. The highest BCUT2D eigenvalue weighted by atomic mass is 16.5. The van der Waals surface area contributed by atoms with Gasteiger partial charge >= 0.3 is 0 Å². The van der Waals surface area contributed by atoms with E-state index < -0.39 is 0 Å². The van der Waals surface area contributed by atoms with Gasteiger partial charge in [0, 0.05) is 6.54 Å². The Morgan fingerprint density at radius 3 is 2.75 bits per heavy atom. The van der Waals surface area contributed by atoms with Crippen LogP contribution in [0.3, 0.4) is 0 Å². The Morgan fingerprint density at radius 2 is 2.00 bits per heavy atom. The fraction of sp³-hybridized carbons (Fsp3) is 0.300. The number of nitrogens with zero attached hydrogens (tertiary/aromatic N) is 4. The zero-order valence-corrected chi connectivity index (χ0v) is 16.1. The van der Waals surface area contributed by atoms with Crippen LogP contribution in [0, 0.1) is 0 Å².